The molecule has 5 nitrogen and oxygen atoms in total. The summed E-state index contributed by atoms with van der Waals surface area (Å²) in [6.45, 7) is 0. The Morgan fingerprint density at radius 3 is 2.64 bits per heavy atom. The molecule has 2 rings (SSSR count). The van der Waals surface area contributed by atoms with Gasteiger partial charge in [0.05, 0.1) is 12.5 Å². The molecule has 2 amide bonds. The number of carbonyl (C=O) groups is 2. The van der Waals surface area contributed by atoms with Gasteiger partial charge in [0.25, 0.3) is 0 Å². The summed E-state index contributed by atoms with van der Waals surface area (Å²) >= 11 is 0. The van der Waals surface area contributed by atoms with Crippen LogP contribution in [0.4, 0.5) is 0 Å². The van der Waals surface area contributed by atoms with Crippen LogP contribution in [0.1, 0.15) is 43.7 Å². The van der Waals surface area contributed by atoms with Crippen molar-refractivity contribution in [3.63, 3.8) is 0 Å². The van der Waals surface area contributed by atoms with Crippen molar-refractivity contribution in [3.05, 3.63) is 35.9 Å². The lowest BCUT2D eigenvalue weighted by Crippen LogP contribution is -2.40. The molecule has 1 saturated carbocycles. The molecule has 0 heterocycles. The van der Waals surface area contributed by atoms with Gasteiger partial charge >= 0.3 is 0 Å². The SMILES string of the molecule is CNC(=O)CC(NC(=O)[C@@H]1CCC[C@@H](N)C1)c1ccccc1. The van der Waals surface area contributed by atoms with Gasteiger partial charge in [0.2, 0.25) is 11.8 Å². The van der Waals surface area contributed by atoms with E-state index in [4.69, 9.17) is 5.73 Å². The zero-order valence-corrected chi connectivity index (χ0v) is 13.0. The van der Waals surface area contributed by atoms with Gasteiger partial charge in [-0.25, -0.2) is 0 Å². The van der Waals surface area contributed by atoms with Gasteiger partial charge in [0.1, 0.15) is 0 Å². The largest absolute Gasteiger partial charge is 0.359 e. The molecular weight excluding hydrogens is 278 g/mol. The second-order valence-corrected chi connectivity index (χ2v) is 5.97. The summed E-state index contributed by atoms with van der Waals surface area (Å²) < 4.78 is 0. The lowest BCUT2D eigenvalue weighted by Gasteiger charge is -2.28. The molecule has 1 fully saturated rings. The highest BCUT2D eigenvalue weighted by molar-refractivity contribution is 5.81. The van der Waals surface area contributed by atoms with E-state index in [9.17, 15) is 9.59 Å². The van der Waals surface area contributed by atoms with Gasteiger partial charge in [-0.3, -0.25) is 9.59 Å². The first-order valence-corrected chi connectivity index (χ1v) is 7.91. The summed E-state index contributed by atoms with van der Waals surface area (Å²) in [7, 11) is 1.60. The Kier molecular flexibility index (Phi) is 5.95. The molecule has 120 valence electrons. The van der Waals surface area contributed by atoms with E-state index >= 15 is 0 Å². The lowest BCUT2D eigenvalue weighted by atomic mass is 9.85. The zero-order valence-electron chi connectivity index (χ0n) is 13.0. The van der Waals surface area contributed by atoms with Crippen LogP contribution in [0.2, 0.25) is 0 Å². The third-order valence-corrected chi connectivity index (χ3v) is 4.27. The van der Waals surface area contributed by atoms with E-state index in [1.165, 1.54) is 0 Å². The molecule has 4 N–H and O–H groups in total. The van der Waals surface area contributed by atoms with Gasteiger partial charge in [-0.1, -0.05) is 36.8 Å². The van der Waals surface area contributed by atoms with Crippen molar-refractivity contribution >= 4 is 11.8 Å². The first-order valence-electron chi connectivity index (χ1n) is 7.91. The topological polar surface area (TPSA) is 84.2 Å². The number of amides is 2. The molecule has 5 heteroatoms. The summed E-state index contributed by atoms with van der Waals surface area (Å²) in [5, 5.41) is 5.65. The molecule has 1 aliphatic rings. The number of carbonyl (C=O) groups excluding carboxylic acids is 2. The van der Waals surface area contributed by atoms with E-state index in [-0.39, 0.29) is 36.2 Å². The van der Waals surface area contributed by atoms with Gasteiger partial charge in [-0.05, 0) is 24.8 Å². The molecule has 0 saturated heterocycles. The van der Waals surface area contributed by atoms with Crippen LogP contribution in [0.3, 0.4) is 0 Å². The van der Waals surface area contributed by atoms with E-state index in [0.717, 1.165) is 31.2 Å². The third kappa shape index (κ3) is 4.56. The minimum absolute atomic E-state index is 0.00732. The molecule has 22 heavy (non-hydrogen) atoms. The Bertz CT molecular complexity index is 504. The normalized spacial score (nSPS) is 22.6. The van der Waals surface area contributed by atoms with Crippen molar-refractivity contribution in [2.45, 2.75) is 44.2 Å². The van der Waals surface area contributed by atoms with Crippen LogP contribution in [-0.4, -0.2) is 24.9 Å². The Labute approximate surface area is 131 Å². The highest BCUT2D eigenvalue weighted by Crippen LogP contribution is 2.25. The molecular formula is C17H25N3O2. The Morgan fingerprint density at radius 1 is 1.27 bits per heavy atom. The fourth-order valence-electron chi connectivity index (χ4n) is 2.98. The van der Waals surface area contributed by atoms with Crippen LogP contribution in [0, 0.1) is 5.92 Å². The predicted octanol–water partition coefficient (Wildman–Crippen LogP) is 1.50. The maximum atomic E-state index is 12.5. The highest BCUT2D eigenvalue weighted by Gasteiger charge is 2.27. The first kappa shape index (κ1) is 16.5. The lowest BCUT2D eigenvalue weighted by molar-refractivity contribution is -0.127. The molecule has 0 aliphatic heterocycles. The van der Waals surface area contributed by atoms with Gasteiger partial charge < -0.3 is 16.4 Å². The van der Waals surface area contributed by atoms with Gasteiger partial charge in [0, 0.05) is 19.0 Å². The average molecular weight is 303 g/mol. The number of hydrogen-bond donors (Lipinski definition) is 3. The standard InChI is InChI=1S/C17H25N3O2/c1-19-16(21)11-15(12-6-3-2-4-7-12)20-17(22)13-8-5-9-14(18)10-13/h2-4,6-7,13-15H,5,8-11,18H2,1H3,(H,19,21)(H,20,22)/t13-,14-,15?/m1/s1. The number of nitrogens with one attached hydrogen (secondary N) is 2. The van der Waals surface area contributed by atoms with Crippen LogP contribution in [0.5, 0.6) is 0 Å². The molecule has 0 bridgehead atoms. The van der Waals surface area contributed by atoms with Crippen molar-refractivity contribution in [2.24, 2.45) is 11.7 Å². The zero-order chi connectivity index (χ0) is 15.9. The second-order valence-electron chi connectivity index (χ2n) is 5.97. The number of nitrogens with two attached hydrogens (primary N) is 1. The van der Waals surface area contributed by atoms with Gasteiger partial charge in [-0.15, -0.1) is 0 Å². The van der Waals surface area contributed by atoms with Crippen molar-refractivity contribution in [1.29, 1.82) is 0 Å². The van der Waals surface area contributed by atoms with Crippen molar-refractivity contribution in [3.8, 4) is 0 Å². The van der Waals surface area contributed by atoms with E-state index < -0.39 is 0 Å². The minimum atomic E-state index is -0.299. The molecule has 3 atom stereocenters. The molecule has 1 aliphatic carbocycles. The molecule has 0 aromatic heterocycles. The van der Waals surface area contributed by atoms with Gasteiger partial charge in [0.15, 0.2) is 0 Å². The van der Waals surface area contributed by atoms with E-state index in [2.05, 4.69) is 10.6 Å². The van der Waals surface area contributed by atoms with Crippen LogP contribution in [0.25, 0.3) is 0 Å². The minimum Gasteiger partial charge on any atom is -0.359 e. The summed E-state index contributed by atoms with van der Waals surface area (Å²) in [4.78, 5) is 24.2. The number of rotatable bonds is 5. The molecule has 0 radical (unpaired) electrons. The Hall–Kier alpha value is -1.88. The molecule has 0 spiro atoms. The second kappa shape index (κ2) is 7.94. The van der Waals surface area contributed by atoms with Crippen LogP contribution in [0.15, 0.2) is 30.3 Å². The molecule has 1 aromatic carbocycles. The Morgan fingerprint density at radius 2 is 2.00 bits per heavy atom. The molecule has 1 unspecified atom stereocenters. The van der Waals surface area contributed by atoms with Crippen molar-refractivity contribution in [1.82, 2.24) is 10.6 Å². The van der Waals surface area contributed by atoms with E-state index in [1.807, 2.05) is 30.3 Å². The fraction of sp³-hybridized carbons (Fsp3) is 0.529. The van der Waals surface area contributed by atoms with E-state index in [1.54, 1.807) is 7.05 Å². The summed E-state index contributed by atoms with van der Waals surface area (Å²) in [5.41, 5.74) is 6.91. The Balaban J connectivity index is 2.05. The van der Waals surface area contributed by atoms with Gasteiger partial charge in [-0.2, -0.15) is 0 Å². The van der Waals surface area contributed by atoms with Crippen LogP contribution < -0.4 is 16.4 Å². The maximum absolute atomic E-state index is 12.5. The predicted molar refractivity (Wildman–Crippen MR) is 85.9 cm³/mol. The smallest absolute Gasteiger partial charge is 0.223 e. The quantitative estimate of drug-likeness (QED) is 0.770. The highest BCUT2D eigenvalue weighted by atomic mass is 16.2. The van der Waals surface area contributed by atoms with Crippen molar-refractivity contribution < 1.29 is 9.59 Å². The summed E-state index contributed by atoms with van der Waals surface area (Å²) in [6, 6.07) is 9.41. The third-order valence-electron chi connectivity index (χ3n) is 4.27. The number of benzene rings is 1. The number of hydrogen-bond acceptors (Lipinski definition) is 3. The first-order chi connectivity index (χ1) is 10.6. The average Bonchev–Trinajstić information content (AvgIpc) is 2.54. The monoisotopic (exact) mass is 303 g/mol. The van der Waals surface area contributed by atoms with Crippen LogP contribution in [-0.2, 0) is 9.59 Å². The molecule has 1 aromatic rings. The maximum Gasteiger partial charge on any atom is 0.223 e. The van der Waals surface area contributed by atoms with E-state index in [0.29, 0.717) is 0 Å². The van der Waals surface area contributed by atoms with Crippen molar-refractivity contribution in [2.75, 3.05) is 7.05 Å². The fourth-order valence-corrected chi connectivity index (χ4v) is 2.98. The summed E-state index contributed by atoms with van der Waals surface area (Å²) in [6.07, 6.45) is 3.83. The summed E-state index contributed by atoms with van der Waals surface area (Å²) in [5.74, 6) is -0.123. The van der Waals surface area contributed by atoms with Crippen LogP contribution >= 0.6 is 0 Å².